The highest BCUT2D eigenvalue weighted by atomic mass is 16.2. The van der Waals surface area contributed by atoms with E-state index in [1.807, 2.05) is 18.2 Å². The molecule has 4 fully saturated rings. The number of nitrogens with one attached hydrogen (secondary N) is 2. The first-order valence-electron chi connectivity index (χ1n) is 11.4. The molecule has 0 unspecified atom stereocenters. The van der Waals surface area contributed by atoms with Crippen LogP contribution in [0.5, 0.6) is 0 Å². The fourth-order valence-electron chi connectivity index (χ4n) is 6.49. The predicted octanol–water partition coefficient (Wildman–Crippen LogP) is 5.04. The summed E-state index contributed by atoms with van der Waals surface area (Å²) >= 11 is 0. The first-order valence-corrected chi connectivity index (χ1v) is 11.4. The number of anilines is 1. The zero-order chi connectivity index (χ0) is 20.6. The van der Waals surface area contributed by atoms with Crippen molar-refractivity contribution in [2.45, 2.75) is 77.6 Å². The van der Waals surface area contributed by atoms with Crippen molar-refractivity contribution >= 4 is 17.5 Å². The summed E-state index contributed by atoms with van der Waals surface area (Å²) in [7, 11) is 0. The standard InChI is InChI=1S/C25H36N2O2/c1-24(2,3)20-7-4-5-8-21(20)27-22(28)9-6-10-26-23(29)25-14-17-11-18(15-25)13-19(12-17)16-25/h4-5,7-8,17-19H,6,9-16H2,1-3H3,(H,26,29)(H,27,28). The predicted molar refractivity (Wildman–Crippen MR) is 117 cm³/mol. The van der Waals surface area contributed by atoms with Gasteiger partial charge in [0.2, 0.25) is 11.8 Å². The van der Waals surface area contributed by atoms with E-state index in [1.54, 1.807) is 0 Å². The summed E-state index contributed by atoms with van der Waals surface area (Å²) < 4.78 is 0. The minimum absolute atomic E-state index is 0.0181. The Balaban J connectivity index is 1.24. The zero-order valence-corrected chi connectivity index (χ0v) is 18.2. The molecule has 0 aliphatic heterocycles. The summed E-state index contributed by atoms with van der Waals surface area (Å²) in [4.78, 5) is 25.4. The molecule has 0 atom stereocenters. The molecule has 0 spiro atoms. The number of carbonyl (C=O) groups excluding carboxylic acids is 2. The fraction of sp³-hybridized carbons (Fsp3) is 0.680. The van der Waals surface area contributed by atoms with Crippen LogP contribution in [0.1, 0.15) is 77.7 Å². The van der Waals surface area contributed by atoms with Crippen LogP contribution in [0.25, 0.3) is 0 Å². The van der Waals surface area contributed by atoms with Gasteiger partial charge in [-0.05, 0) is 79.7 Å². The number of hydrogen-bond donors (Lipinski definition) is 2. The Kier molecular flexibility index (Phi) is 5.48. The minimum atomic E-state index is -0.0946. The van der Waals surface area contributed by atoms with Gasteiger partial charge in [0.25, 0.3) is 0 Å². The Labute approximate surface area is 175 Å². The maximum Gasteiger partial charge on any atom is 0.226 e. The highest BCUT2D eigenvalue weighted by Crippen LogP contribution is 2.60. The van der Waals surface area contributed by atoms with Crippen LogP contribution in [0, 0.1) is 23.2 Å². The molecular weight excluding hydrogens is 360 g/mol. The molecule has 0 heterocycles. The van der Waals surface area contributed by atoms with Gasteiger partial charge < -0.3 is 10.6 Å². The first kappa shape index (κ1) is 20.4. The van der Waals surface area contributed by atoms with E-state index in [9.17, 15) is 9.59 Å². The van der Waals surface area contributed by atoms with Gasteiger partial charge in [-0.2, -0.15) is 0 Å². The maximum absolute atomic E-state index is 13.0. The number of hydrogen-bond acceptors (Lipinski definition) is 2. The van der Waals surface area contributed by atoms with E-state index in [2.05, 4.69) is 37.5 Å². The summed E-state index contributed by atoms with van der Waals surface area (Å²) in [5.41, 5.74) is 1.92. The number of carbonyl (C=O) groups is 2. The van der Waals surface area contributed by atoms with Crippen LogP contribution in [-0.4, -0.2) is 18.4 Å². The number of rotatable bonds is 6. The highest BCUT2D eigenvalue weighted by molar-refractivity contribution is 5.91. The van der Waals surface area contributed by atoms with Crippen LogP contribution in [0.3, 0.4) is 0 Å². The van der Waals surface area contributed by atoms with Crippen molar-refractivity contribution in [3.05, 3.63) is 29.8 Å². The quantitative estimate of drug-likeness (QED) is 0.662. The molecule has 2 N–H and O–H groups in total. The van der Waals surface area contributed by atoms with Gasteiger partial charge in [0.05, 0.1) is 0 Å². The van der Waals surface area contributed by atoms with E-state index in [0.29, 0.717) is 19.4 Å². The maximum atomic E-state index is 13.0. The summed E-state index contributed by atoms with van der Waals surface area (Å²) in [6.45, 7) is 7.04. The summed E-state index contributed by atoms with van der Waals surface area (Å²) in [5.74, 6) is 2.61. The van der Waals surface area contributed by atoms with Gasteiger partial charge in [-0.1, -0.05) is 39.0 Å². The van der Waals surface area contributed by atoms with E-state index in [1.165, 1.54) is 19.3 Å². The second kappa shape index (κ2) is 7.77. The van der Waals surface area contributed by atoms with Crippen molar-refractivity contribution in [3.63, 3.8) is 0 Å². The van der Waals surface area contributed by atoms with E-state index in [-0.39, 0.29) is 22.6 Å². The summed E-state index contributed by atoms with van der Waals surface area (Å²) in [6, 6.07) is 8.00. The van der Waals surface area contributed by atoms with E-state index >= 15 is 0 Å². The topological polar surface area (TPSA) is 58.2 Å². The second-order valence-corrected chi connectivity index (χ2v) is 10.9. The lowest BCUT2D eigenvalue weighted by Gasteiger charge is -2.55. The Bertz CT molecular complexity index is 742. The SMILES string of the molecule is CC(C)(C)c1ccccc1NC(=O)CCCNC(=O)C12CC3CC(CC(C3)C1)C2. The van der Waals surface area contributed by atoms with E-state index < -0.39 is 0 Å². The largest absolute Gasteiger partial charge is 0.356 e. The van der Waals surface area contributed by atoms with Gasteiger partial charge in [0.1, 0.15) is 0 Å². The zero-order valence-electron chi connectivity index (χ0n) is 18.2. The Morgan fingerprint density at radius 1 is 1.00 bits per heavy atom. The second-order valence-electron chi connectivity index (χ2n) is 10.9. The molecule has 0 aromatic heterocycles. The molecule has 158 valence electrons. The molecule has 0 saturated heterocycles. The van der Waals surface area contributed by atoms with Gasteiger partial charge in [0.15, 0.2) is 0 Å². The number of amides is 2. The molecule has 4 aliphatic rings. The lowest BCUT2D eigenvalue weighted by molar-refractivity contribution is -0.146. The normalized spacial score (nSPS) is 30.2. The lowest BCUT2D eigenvalue weighted by Crippen LogP contribution is -2.53. The molecule has 4 bridgehead atoms. The third-order valence-corrected chi connectivity index (χ3v) is 7.40. The van der Waals surface area contributed by atoms with Gasteiger partial charge in [-0.25, -0.2) is 0 Å². The van der Waals surface area contributed by atoms with Crippen LogP contribution in [0.2, 0.25) is 0 Å². The number of para-hydroxylation sites is 1. The molecule has 0 radical (unpaired) electrons. The van der Waals surface area contributed by atoms with Gasteiger partial charge >= 0.3 is 0 Å². The van der Waals surface area contributed by atoms with Gasteiger partial charge in [-0.3, -0.25) is 9.59 Å². The fourth-order valence-corrected chi connectivity index (χ4v) is 6.49. The van der Waals surface area contributed by atoms with Crippen LogP contribution in [0.4, 0.5) is 5.69 Å². The van der Waals surface area contributed by atoms with Crippen LogP contribution in [-0.2, 0) is 15.0 Å². The van der Waals surface area contributed by atoms with Crippen LogP contribution >= 0.6 is 0 Å². The molecule has 4 nitrogen and oxygen atoms in total. The van der Waals surface area contributed by atoms with Gasteiger partial charge in [0, 0.05) is 24.1 Å². The van der Waals surface area contributed by atoms with Crippen molar-refractivity contribution in [3.8, 4) is 0 Å². The molecular formula is C25H36N2O2. The van der Waals surface area contributed by atoms with Crippen LogP contribution in [0.15, 0.2) is 24.3 Å². The molecule has 1 aromatic carbocycles. The van der Waals surface area contributed by atoms with Crippen molar-refractivity contribution < 1.29 is 9.59 Å². The average Bonchev–Trinajstić information content (AvgIpc) is 2.63. The number of benzene rings is 1. The monoisotopic (exact) mass is 396 g/mol. The smallest absolute Gasteiger partial charge is 0.226 e. The van der Waals surface area contributed by atoms with Crippen molar-refractivity contribution in [2.24, 2.45) is 23.2 Å². The lowest BCUT2D eigenvalue weighted by atomic mass is 9.49. The Morgan fingerprint density at radius 3 is 2.17 bits per heavy atom. The Hall–Kier alpha value is -1.84. The van der Waals surface area contributed by atoms with Crippen LogP contribution < -0.4 is 10.6 Å². The van der Waals surface area contributed by atoms with Crippen molar-refractivity contribution in [1.29, 1.82) is 0 Å². The molecule has 5 rings (SSSR count). The Morgan fingerprint density at radius 2 is 1.59 bits per heavy atom. The molecule has 1 aromatic rings. The average molecular weight is 397 g/mol. The summed E-state index contributed by atoms with van der Waals surface area (Å²) in [6.07, 6.45) is 8.44. The first-order chi connectivity index (χ1) is 13.7. The van der Waals surface area contributed by atoms with E-state index in [0.717, 1.165) is 48.3 Å². The van der Waals surface area contributed by atoms with Gasteiger partial charge in [-0.15, -0.1) is 0 Å². The van der Waals surface area contributed by atoms with E-state index in [4.69, 9.17) is 0 Å². The molecule has 4 heteroatoms. The van der Waals surface area contributed by atoms with Crippen molar-refractivity contribution in [1.82, 2.24) is 5.32 Å². The molecule has 2 amide bonds. The highest BCUT2D eigenvalue weighted by Gasteiger charge is 2.54. The summed E-state index contributed by atoms with van der Waals surface area (Å²) in [5, 5.41) is 6.24. The molecule has 29 heavy (non-hydrogen) atoms. The third kappa shape index (κ3) is 4.36. The molecule has 4 aliphatic carbocycles. The minimum Gasteiger partial charge on any atom is -0.356 e. The third-order valence-electron chi connectivity index (χ3n) is 7.40. The van der Waals surface area contributed by atoms with Crippen molar-refractivity contribution in [2.75, 3.05) is 11.9 Å². The molecule has 4 saturated carbocycles.